The highest BCUT2D eigenvalue weighted by atomic mass is 35.5. The van der Waals surface area contributed by atoms with Crippen molar-refractivity contribution in [2.75, 3.05) is 6.54 Å². The number of carbonyl (C=O) groups is 1. The Bertz CT molecular complexity index is 1160. The van der Waals surface area contributed by atoms with Gasteiger partial charge in [-0.25, -0.2) is 4.98 Å². The zero-order valence-electron chi connectivity index (χ0n) is 15.1. The number of H-pyrrole nitrogens is 1. The molecule has 0 saturated heterocycles. The summed E-state index contributed by atoms with van der Waals surface area (Å²) in [7, 11) is 0. The first-order chi connectivity index (χ1) is 13.5. The first kappa shape index (κ1) is 19.3. The van der Waals surface area contributed by atoms with Crippen molar-refractivity contribution < 1.29 is 4.79 Å². The van der Waals surface area contributed by atoms with E-state index in [1.165, 1.54) is 6.08 Å². The van der Waals surface area contributed by atoms with E-state index in [0.717, 1.165) is 0 Å². The van der Waals surface area contributed by atoms with Crippen LogP contribution >= 0.6 is 11.6 Å². The molecule has 7 heteroatoms. The van der Waals surface area contributed by atoms with E-state index >= 15 is 0 Å². The number of aromatic amines is 1. The first-order valence-electron chi connectivity index (χ1n) is 8.66. The molecule has 0 fully saturated rings. The number of hydrogen-bond donors (Lipinski definition) is 1. The first-order valence-corrected chi connectivity index (χ1v) is 9.04. The molecule has 0 bridgehead atoms. The lowest BCUT2D eigenvalue weighted by molar-refractivity contribution is -0.126. The molecular formula is C21H17ClN4O2. The average Bonchev–Trinajstić information content (AvgIpc) is 2.70. The fourth-order valence-corrected chi connectivity index (χ4v) is 2.94. The van der Waals surface area contributed by atoms with Gasteiger partial charge in [-0.05, 0) is 42.8 Å². The molecule has 0 unspecified atom stereocenters. The molecule has 140 valence electrons. The zero-order chi connectivity index (χ0) is 20.1. The Morgan fingerprint density at radius 1 is 1.32 bits per heavy atom. The van der Waals surface area contributed by atoms with Crippen LogP contribution in [0.3, 0.4) is 0 Å². The van der Waals surface area contributed by atoms with Crippen molar-refractivity contribution in [1.82, 2.24) is 14.9 Å². The van der Waals surface area contributed by atoms with Gasteiger partial charge in [-0.2, -0.15) is 5.26 Å². The van der Waals surface area contributed by atoms with Gasteiger partial charge in [0.2, 0.25) is 5.91 Å². The second-order valence-corrected chi connectivity index (χ2v) is 6.50. The van der Waals surface area contributed by atoms with Gasteiger partial charge in [0.25, 0.3) is 5.56 Å². The normalized spacial score (nSPS) is 10.9. The van der Waals surface area contributed by atoms with Crippen LogP contribution in [0.25, 0.3) is 17.0 Å². The molecule has 0 aliphatic carbocycles. The van der Waals surface area contributed by atoms with Gasteiger partial charge in [0.15, 0.2) is 0 Å². The summed E-state index contributed by atoms with van der Waals surface area (Å²) in [6, 6.07) is 14.0. The van der Waals surface area contributed by atoms with Crippen molar-refractivity contribution in [3.05, 3.63) is 80.9 Å². The summed E-state index contributed by atoms with van der Waals surface area (Å²) in [5, 5.41) is 10.1. The predicted molar refractivity (Wildman–Crippen MR) is 109 cm³/mol. The molecule has 0 aliphatic heterocycles. The molecule has 3 rings (SSSR count). The number of rotatable bonds is 5. The Morgan fingerprint density at radius 2 is 2.11 bits per heavy atom. The highest BCUT2D eigenvalue weighted by Gasteiger charge is 2.12. The van der Waals surface area contributed by atoms with Crippen molar-refractivity contribution >= 4 is 34.5 Å². The van der Waals surface area contributed by atoms with E-state index in [-0.39, 0.29) is 18.0 Å². The van der Waals surface area contributed by atoms with E-state index in [2.05, 4.69) is 16.0 Å². The number of amides is 1. The standard InChI is InChI=1S/C21H17ClN4O2/c1-2-26(20(27)10-7-14-5-3-4-6-15(14)12-23)13-19-24-18-11-16(22)8-9-17(18)21(28)25-19/h3-11H,2,13H2,1H3,(H,24,25,28)/b10-7-. The quantitative estimate of drug-likeness (QED) is 0.673. The smallest absolute Gasteiger partial charge is 0.258 e. The van der Waals surface area contributed by atoms with Gasteiger partial charge >= 0.3 is 0 Å². The number of nitriles is 1. The summed E-state index contributed by atoms with van der Waals surface area (Å²) >= 11 is 5.98. The Labute approximate surface area is 166 Å². The number of carbonyl (C=O) groups excluding carboxylic acids is 1. The minimum atomic E-state index is -0.279. The third-order valence-electron chi connectivity index (χ3n) is 4.24. The molecule has 28 heavy (non-hydrogen) atoms. The summed E-state index contributed by atoms with van der Waals surface area (Å²) in [6.45, 7) is 2.42. The van der Waals surface area contributed by atoms with E-state index in [0.29, 0.717) is 39.4 Å². The third-order valence-corrected chi connectivity index (χ3v) is 4.47. The topological polar surface area (TPSA) is 89.8 Å². The largest absolute Gasteiger partial charge is 0.332 e. The zero-order valence-corrected chi connectivity index (χ0v) is 15.9. The minimum Gasteiger partial charge on any atom is -0.332 e. The Kier molecular flexibility index (Phi) is 5.87. The summed E-state index contributed by atoms with van der Waals surface area (Å²) < 4.78 is 0. The minimum absolute atomic E-state index is 0.150. The van der Waals surface area contributed by atoms with Crippen LogP contribution in [0.5, 0.6) is 0 Å². The van der Waals surface area contributed by atoms with Gasteiger partial charge in [0.05, 0.1) is 29.1 Å². The monoisotopic (exact) mass is 392 g/mol. The molecular weight excluding hydrogens is 376 g/mol. The number of benzene rings is 2. The second kappa shape index (κ2) is 8.51. The van der Waals surface area contributed by atoms with Gasteiger partial charge in [0.1, 0.15) is 5.82 Å². The number of nitrogens with zero attached hydrogens (tertiary/aromatic N) is 3. The molecule has 0 saturated carbocycles. The maximum atomic E-state index is 12.6. The van der Waals surface area contributed by atoms with Crippen LogP contribution in [-0.2, 0) is 11.3 Å². The molecule has 3 aromatic rings. The molecule has 0 aliphatic rings. The lowest BCUT2D eigenvalue weighted by Crippen LogP contribution is -2.30. The van der Waals surface area contributed by atoms with Crippen LogP contribution in [0.2, 0.25) is 5.02 Å². The lowest BCUT2D eigenvalue weighted by atomic mass is 10.1. The molecule has 1 amide bonds. The van der Waals surface area contributed by atoms with E-state index < -0.39 is 0 Å². The van der Waals surface area contributed by atoms with E-state index in [9.17, 15) is 9.59 Å². The predicted octanol–water partition coefficient (Wildman–Crippen LogP) is 3.51. The van der Waals surface area contributed by atoms with Gasteiger partial charge in [-0.3, -0.25) is 9.59 Å². The average molecular weight is 393 g/mol. The summed E-state index contributed by atoms with van der Waals surface area (Å²) in [4.78, 5) is 33.5. The van der Waals surface area contributed by atoms with Gasteiger partial charge in [0, 0.05) is 17.6 Å². The van der Waals surface area contributed by atoms with E-state index in [1.54, 1.807) is 53.4 Å². The van der Waals surface area contributed by atoms with Crippen LogP contribution in [0.15, 0.2) is 53.3 Å². The van der Waals surface area contributed by atoms with E-state index in [4.69, 9.17) is 16.9 Å². The van der Waals surface area contributed by atoms with Crippen molar-refractivity contribution in [2.24, 2.45) is 0 Å². The van der Waals surface area contributed by atoms with Crippen LogP contribution in [0, 0.1) is 11.3 Å². The van der Waals surface area contributed by atoms with E-state index in [1.807, 2.05) is 6.92 Å². The van der Waals surface area contributed by atoms with Gasteiger partial charge in [-0.15, -0.1) is 0 Å². The van der Waals surface area contributed by atoms with Crippen LogP contribution in [0.4, 0.5) is 0 Å². The highest BCUT2D eigenvalue weighted by molar-refractivity contribution is 6.31. The Hall–Kier alpha value is -3.43. The molecule has 2 aromatic carbocycles. The number of halogens is 1. The molecule has 1 N–H and O–H groups in total. The van der Waals surface area contributed by atoms with Crippen LogP contribution in [-0.4, -0.2) is 27.3 Å². The molecule has 0 radical (unpaired) electrons. The molecule has 0 spiro atoms. The lowest BCUT2D eigenvalue weighted by Gasteiger charge is -2.18. The number of fused-ring (bicyclic) bond motifs is 1. The Morgan fingerprint density at radius 3 is 2.86 bits per heavy atom. The second-order valence-electron chi connectivity index (χ2n) is 6.06. The third kappa shape index (κ3) is 4.27. The Balaban J connectivity index is 1.83. The molecule has 1 aromatic heterocycles. The van der Waals surface area contributed by atoms with Gasteiger partial charge in [-0.1, -0.05) is 29.8 Å². The summed E-state index contributed by atoms with van der Waals surface area (Å²) in [6.07, 6.45) is 3.02. The summed E-state index contributed by atoms with van der Waals surface area (Å²) in [5.74, 6) is 0.130. The van der Waals surface area contributed by atoms with Crippen molar-refractivity contribution in [3.8, 4) is 6.07 Å². The molecule has 6 nitrogen and oxygen atoms in total. The van der Waals surface area contributed by atoms with Crippen molar-refractivity contribution in [2.45, 2.75) is 13.5 Å². The molecule has 0 atom stereocenters. The number of aromatic nitrogens is 2. The SMILES string of the molecule is CCN(Cc1nc2cc(Cl)ccc2c(=O)[nH]1)C(=O)/C=C\c1ccccc1C#N. The fraction of sp³-hybridized carbons (Fsp3) is 0.143. The maximum Gasteiger partial charge on any atom is 0.258 e. The number of hydrogen-bond acceptors (Lipinski definition) is 4. The van der Waals surface area contributed by atoms with Crippen LogP contribution < -0.4 is 5.56 Å². The maximum absolute atomic E-state index is 12.6. The number of likely N-dealkylation sites (N-methyl/N-ethyl adjacent to an activating group) is 1. The van der Waals surface area contributed by atoms with Crippen molar-refractivity contribution in [1.29, 1.82) is 5.26 Å². The van der Waals surface area contributed by atoms with Crippen LogP contribution in [0.1, 0.15) is 23.9 Å². The van der Waals surface area contributed by atoms with Crippen molar-refractivity contribution in [3.63, 3.8) is 0 Å². The highest BCUT2D eigenvalue weighted by Crippen LogP contribution is 2.15. The number of nitrogens with one attached hydrogen (secondary N) is 1. The molecule has 1 heterocycles. The summed E-state index contributed by atoms with van der Waals surface area (Å²) in [5.41, 5.74) is 1.36. The van der Waals surface area contributed by atoms with Gasteiger partial charge < -0.3 is 9.88 Å². The fourth-order valence-electron chi connectivity index (χ4n) is 2.77.